The molecular weight excluding hydrogens is 316 g/mol. The van der Waals surface area contributed by atoms with E-state index in [2.05, 4.69) is 22.9 Å². The summed E-state index contributed by atoms with van der Waals surface area (Å²) in [7, 11) is 0. The second-order valence-corrected chi connectivity index (χ2v) is 6.14. The van der Waals surface area contributed by atoms with Crippen LogP contribution in [-0.4, -0.2) is 42.3 Å². The molecule has 2 aromatic heterocycles. The summed E-state index contributed by atoms with van der Waals surface area (Å²) in [5.74, 6) is 2.57. The first-order valence-corrected chi connectivity index (χ1v) is 8.13. The molecule has 5 nitrogen and oxygen atoms in total. The molecule has 3 rings (SSSR count). The first kappa shape index (κ1) is 16.3. The Morgan fingerprint density at radius 2 is 2.30 bits per heavy atom. The van der Waals surface area contributed by atoms with Crippen molar-refractivity contribution < 1.29 is 13.9 Å². The van der Waals surface area contributed by atoms with E-state index in [1.54, 1.807) is 12.3 Å². The molecule has 1 unspecified atom stereocenters. The Hall–Kier alpha value is -1.56. The summed E-state index contributed by atoms with van der Waals surface area (Å²) < 4.78 is 17.3. The highest BCUT2D eigenvalue weighted by atomic mass is 35.5. The van der Waals surface area contributed by atoms with Crippen LogP contribution in [0.15, 0.2) is 28.8 Å². The summed E-state index contributed by atoms with van der Waals surface area (Å²) in [6.45, 7) is 7.69. The summed E-state index contributed by atoms with van der Waals surface area (Å²) in [4.78, 5) is 6.32. The molecule has 1 fully saturated rings. The Kier molecular flexibility index (Phi) is 5.20. The molecule has 23 heavy (non-hydrogen) atoms. The van der Waals surface area contributed by atoms with E-state index in [1.165, 1.54) is 5.56 Å². The van der Waals surface area contributed by atoms with Crippen molar-refractivity contribution in [3.63, 3.8) is 0 Å². The first-order valence-electron chi connectivity index (χ1n) is 7.75. The maximum Gasteiger partial charge on any atom is 0.171 e. The Morgan fingerprint density at radius 3 is 3.04 bits per heavy atom. The van der Waals surface area contributed by atoms with Crippen molar-refractivity contribution in [1.29, 1.82) is 0 Å². The van der Waals surface area contributed by atoms with Crippen molar-refractivity contribution in [2.75, 3.05) is 26.3 Å². The minimum Gasteiger partial charge on any atom is -0.488 e. The van der Waals surface area contributed by atoms with E-state index in [0.29, 0.717) is 24.1 Å². The topological polar surface area (TPSA) is 47.7 Å². The highest BCUT2D eigenvalue weighted by Crippen LogP contribution is 2.21. The van der Waals surface area contributed by atoms with E-state index in [1.807, 2.05) is 13.0 Å². The molecule has 0 radical (unpaired) electrons. The molecule has 0 bridgehead atoms. The van der Waals surface area contributed by atoms with Gasteiger partial charge in [0.15, 0.2) is 10.9 Å². The molecule has 1 atom stereocenters. The fourth-order valence-corrected chi connectivity index (χ4v) is 2.81. The number of halogens is 1. The average molecular weight is 337 g/mol. The van der Waals surface area contributed by atoms with Crippen molar-refractivity contribution in [3.05, 3.63) is 46.6 Å². The highest BCUT2D eigenvalue weighted by Gasteiger charge is 2.22. The minimum absolute atomic E-state index is 0.0113. The zero-order chi connectivity index (χ0) is 16.2. The molecule has 2 aromatic rings. The second kappa shape index (κ2) is 7.34. The van der Waals surface area contributed by atoms with E-state index < -0.39 is 0 Å². The molecule has 124 valence electrons. The second-order valence-electron chi connectivity index (χ2n) is 5.78. The number of hydrogen-bond donors (Lipinski definition) is 0. The van der Waals surface area contributed by atoms with Crippen LogP contribution < -0.4 is 4.74 Å². The molecule has 0 aromatic carbocycles. The third-order valence-corrected chi connectivity index (χ3v) is 4.25. The number of furan rings is 1. The van der Waals surface area contributed by atoms with Gasteiger partial charge >= 0.3 is 0 Å². The van der Waals surface area contributed by atoms with Crippen LogP contribution in [-0.2, 0) is 11.3 Å². The van der Waals surface area contributed by atoms with Crippen LogP contribution in [0.2, 0.25) is 5.15 Å². The van der Waals surface area contributed by atoms with Gasteiger partial charge in [0, 0.05) is 19.3 Å². The number of hydrogen-bond acceptors (Lipinski definition) is 5. The van der Waals surface area contributed by atoms with E-state index in [9.17, 15) is 0 Å². The largest absolute Gasteiger partial charge is 0.488 e. The summed E-state index contributed by atoms with van der Waals surface area (Å²) >= 11 is 6.00. The fourth-order valence-electron chi connectivity index (χ4n) is 2.63. The Labute approximate surface area is 141 Å². The lowest BCUT2D eigenvalue weighted by molar-refractivity contribution is -0.0519. The van der Waals surface area contributed by atoms with E-state index in [0.717, 1.165) is 31.2 Å². The molecule has 0 N–H and O–H groups in total. The number of morpholine rings is 1. The van der Waals surface area contributed by atoms with Crippen LogP contribution in [0.25, 0.3) is 0 Å². The summed E-state index contributed by atoms with van der Waals surface area (Å²) in [6, 6.07) is 5.72. The molecule has 1 saturated heterocycles. The molecule has 1 aliphatic rings. The Morgan fingerprint density at radius 1 is 1.43 bits per heavy atom. The van der Waals surface area contributed by atoms with Crippen LogP contribution in [0.3, 0.4) is 0 Å². The molecule has 0 amide bonds. The number of ether oxygens (including phenoxy) is 2. The SMILES string of the molecule is Cc1cc(CN2CCOC(COc3cccnc3Cl)C2)oc1C. The van der Waals surface area contributed by atoms with Gasteiger partial charge in [0.05, 0.1) is 13.2 Å². The molecule has 3 heterocycles. The van der Waals surface area contributed by atoms with Crippen molar-refractivity contribution in [2.45, 2.75) is 26.5 Å². The summed E-state index contributed by atoms with van der Waals surface area (Å²) in [5, 5.41) is 0.377. The van der Waals surface area contributed by atoms with Gasteiger partial charge in [0.2, 0.25) is 0 Å². The Balaban J connectivity index is 1.53. The van der Waals surface area contributed by atoms with Gasteiger partial charge in [-0.1, -0.05) is 11.6 Å². The summed E-state index contributed by atoms with van der Waals surface area (Å²) in [5.41, 5.74) is 1.19. The fraction of sp³-hybridized carbons (Fsp3) is 0.471. The van der Waals surface area contributed by atoms with E-state index in [4.69, 9.17) is 25.5 Å². The average Bonchev–Trinajstić information content (AvgIpc) is 2.85. The van der Waals surface area contributed by atoms with Gasteiger partial charge in [-0.15, -0.1) is 0 Å². The van der Waals surface area contributed by atoms with Gasteiger partial charge in [0.1, 0.15) is 24.2 Å². The van der Waals surface area contributed by atoms with E-state index >= 15 is 0 Å². The molecule has 0 saturated carbocycles. The minimum atomic E-state index is 0.0113. The zero-order valence-corrected chi connectivity index (χ0v) is 14.2. The van der Waals surface area contributed by atoms with Gasteiger partial charge in [-0.2, -0.15) is 0 Å². The van der Waals surface area contributed by atoms with Crippen LogP contribution in [0.4, 0.5) is 0 Å². The van der Waals surface area contributed by atoms with Crippen molar-refractivity contribution in [1.82, 2.24) is 9.88 Å². The first-order chi connectivity index (χ1) is 11.1. The third kappa shape index (κ3) is 4.25. The van der Waals surface area contributed by atoms with Crippen LogP contribution in [0.5, 0.6) is 5.75 Å². The lowest BCUT2D eigenvalue weighted by atomic mass is 10.2. The maximum absolute atomic E-state index is 6.00. The molecular formula is C17H21ClN2O3. The molecule has 0 aliphatic carbocycles. The number of aromatic nitrogens is 1. The van der Waals surface area contributed by atoms with Crippen molar-refractivity contribution in [3.8, 4) is 5.75 Å². The third-order valence-electron chi connectivity index (χ3n) is 3.97. The molecule has 6 heteroatoms. The van der Waals surface area contributed by atoms with Gasteiger partial charge in [0.25, 0.3) is 0 Å². The highest BCUT2D eigenvalue weighted by molar-refractivity contribution is 6.30. The monoisotopic (exact) mass is 336 g/mol. The lowest BCUT2D eigenvalue weighted by Crippen LogP contribution is -2.44. The summed E-state index contributed by atoms with van der Waals surface area (Å²) in [6.07, 6.45) is 1.65. The number of rotatable bonds is 5. The molecule has 1 aliphatic heterocycles. The van der Waals surface area contributed by atoms with Gasteiger partial charge < -0.3 is 13.9 Å². The normalized spacial score (nSPS) is 19.0. The van der Waals surface area contributed by atoms with Gasteiger partial charge in [-0.25, -0.2) is 4.98 Å². The predicted octanol–water partition coefficient (Wildman–Crippen LogP) is 3.22. The standard InChI is InChI=1S/C17H21ClN2O3/c1-12-8-14(23-13(12)2)9-20-6-7-21-15(10-20)11-22-16-4-3-5-19-17(16)18/h3-5,8,15H,6-7,9-11H2,1-2H3. The number of nitrogens with zero attached hydrogens (tertiary/aromatic N) is 2. The molecule has 0 spiro atoms. The quantitative estimate of drug-likeness (QED) is 0.784. The van der Waals surface area contributed by atoms with Crippen LogP contribution >= 0.6 is 11.6 Å². The van der Waals surface area contributed by atoms with Gasteiger partial charge in [-0.05, 0) is 37.6 Å². The Bertz CT molecular complexity index is 640. The maximum atomic E-state index is 6.00. The number of pyridine rings is 1. The van der Waals surface area contributed by atoms with Gasteiger partial charge in [-0.3, -0.25) is 4.90 Å². The predicted molar refractivity (Wildman–Crippen MR) is 87.9 cm³/mol. The zero-order valence-electron chi connectivity index (χ0n) is 13.4. The van der Waals surface area contributed by atoms with Crippen molar-refractivity contribution in [2.24, 2.45) is 0 Å². The number of aryl methyl sites for hydroxylation is 2. The van der Waals surface area contributed by atoms with Crippen molar-refractivity contribution >= 4 is 11.6 Å². The van der Waals surface area contributed by atoms with Crippen LogP contribution in [0, 0.1) is 13.8 Å². The lowest BCUT2D eigenvalue weighted by Gasteiger charge is -2.32. The van der Waals surface area contributed by atoms with Crippen LogP contribution in [0.1, 0.15) is 17.1 Å². The smallest absolute Gasteiger partial charge is 0.171 e. The van der Waals surface area contributed by atoms with E-state index in [-0.39, 0.29) is 6.10 Å².